The van der Waals surface area contributed by atoms with Gasteiger partial charge in [0.2, 0.25) is 5.91 Å². The molecule has 16 heavy (non-hydrogen) atoms. The molecular formula is C12H11BrFNO. The third-order valence-electron chi connectivity index (χ3n) is 2.01. The molecule has 1 aromatic carbocycles. The predicted octanol–water partition coefficient (Wildman–Crippen LogP) is 2.27. The minimum atomic E-state index is -0.411. The van der Waals surface area contributed by atoms with Crippen LogP contribution >= 0.6 is 15.9 Å². The summed E-state index contributed by atoms with van der Waals surface area (Å²) in [5.74, 6) is 1.67. The zero-order chi connectivity index (χ0) is 12.1. The second-order valence-electron chi connectivity index (χ2n) is 3.35. The number of benzene rings is 1. The van der Waals surface area contributed by atoms with Crippen molar-refractivity contribution in [1.29, 1.82) is 0 Å². The highest BCUT2D eigenvalue weighted by Gasteiger charge is 2.11. The number of carbonyl (C=O) groups excluding carboxylic acids is 1. The average Bonchev–Trinajstić information content (AvgIpc) is 2.24. The van der Waals surface area contributed by atoms with Crippen LogP contribution in [-0.4, -0.2) is 11.9 Å². The molecule has 1 atom stereocenters. The molecule has 0 aliphatic rings. The SMILES string of the molecule is C#CC(C)NC(=O)Cc1cccc(Br)c1F. The maximum atomic E-state index is 13.5. The van der Waals surface area contributed by atoms with Crippen LogP contribution in [0.5, 0.6) is 0 Å². The third kappa shape index (κ3) is 3.35. The van der Waals surface area contributed by atoms with Crippen molar-refractivity contribution in [2.75, 3.05) is 0 Å². The van der Waals surface area contributed by atoms with Crippen molar-refractivity contribution in [3.05, 3.63) is 34.1 Å². The Hall–Kier alpha value is -1.34. The highest BCUT2D eigenvalue weighted by atomic mass is 79.9. The lowest BCUT2D eigenvalue weighted by molar-refractivity contribution is -0.120. The first-order valence-corrected chi connectivity index (χ1v) is 5.52. The van der Waals surface area contributed by atoms with Crippen LogP contribution < -0.4 is 5.32 Å². The highest BCUT2D eigenvalue weighted by molar-refractivity contribution is 9.10. The van der Waals surface area contributed by atoms with Crippen LogP contribution in [0.25, 0.3) is 0 Å². The molecule has 0 bridgehead atoms. The summed E-state index contributed by atoms with van der Waals surface area (Å²) in [6, 6.07) is 4.49. The van der Waals surface area contributed by atoms with Gasteiger partial charge in [0.05, 0.1) is 16.9 Å². The molecule has 2 nitrogen and oxygen atoms in total. The van der Waals surface area contributed by atoms with E-state index in [0.717, 1.165) is 0 Å². The molecule has 1 N–H and O–H groups in total. The summed E-state index contributed by atoms with van der Waals surface area (Å²) in [5, 5.41) is 2.57. The smallest absolute Gasteiger partial charge is 0.225 e. The van der Waals surface area contributed by atoms with E-state index in [1.165, 1.54) is 0 Å². The molecule has 0 heterocycles. The van der Waals surface area contributed by atoms with Gasteiger partial charge in [0.15, 0.2) is 0 Å². The fourth-order valence-corrected chi connectivity index (χ4v) is 1.60. The number of hydrogen-bond acceptors (Lipinski definition) is 1. The van der Waals surface area contributed by atoms with Gasteiger partial charge >= 0.3 is 0 Å². The third-order valence-corrected chi connectivity index (χ3v) is 2.62. The molecule has 0 radical (unpaired) electrons. The molecule has 1 unspecified atom stereocenters. The molecule has 1 aromatic rings. The molecule has 0 aliphatic carbocycles. The van der Waals surface area contributed by atoms with Gasteiger partial charge < -0.3 is 5.32 Å². The molecule has 0 spiro atoms. The van der Waals surface area contributed by atoms with E-state index in [1.54, 1.807) is 25.1 Å². The molecular weight excluding hydrogens is 273 g/mol. The van der Waals surface area contributed by atoms with Crippen molar-refractivity contribution in [2.24, 2.45) is 0 Å². The number of terminal acetylenes is 1. The first kappa shape index (κ1) is 12.7. The Balaban J connectivity index is 2.71. The topological polar surface area (TPSA) is 29.1 Å². The van der Waals surface area contributed by atoms with Crippen molar-refractivity contribution in [3.63, 3.8) is 0 Å². The Morgan fingerprint density at radius 1 is 1.69 bits per heavy atom. The van der Waals surface area contributed by atoms with Crippen molar-refractivity contribution in [2.45, 2.75) is 19.4 Å². The second-order valence-corrected chi connectivity index (χ2v) is 4.20. The summed E-state index contributed by atoms with van der Waals surface area (Å²) in [6.45, 7) is 1.69. The average molecular weight is 284 g/mol. The fraction of sp³-hybridized carbons (Fsp3) is 0.250. The zero-order valence-corrected chi connectivity index (χ0v) is 10.3. The van der Waals surface area contributed by atoms with Gasteiger partial charge in [-0.3, -0.25) is 4.79 Å². The zero-order valence-electron chi connectivity index (χ0n) is 8.76. The second kappa shape index (κ2) is 5.66. The fourth-order valence-electron chi connectivity index (χ4n) is 1.19. The van der Waals surface area contributed by atoms with Gasteiger partial charge in [-0.25, -0.2) is 4.39 Å². The number of rotatable bonds is 3. The standard InChI is InChI=1S/C12H11BrFNO/c1-3-8(2)15-11(16)7-9-5-4-6-10(13)12(9)14/h1,4-6,8H,7H2,2H3,(H,15,16). The van der Waals surface area contributed by atoms with Crippen LogP contribution in [0.15, 0.2) is 22.7 Å². The van der Waals surface area contributed by atoms with Crippen molar-refractivity contribution >= 4 is 21.8 Å². The molecule has 1 amide bonds. The number of amides is 1. The number of halogens is 2. The van der Waals surface area contributed by atoms with Gasteiger partial charge in [-0.05, 0) is 34.5 Å². The molecule has 4 heteroatoms. The van der Waals surface area contributed by atoms with E-state index in [0.29, 0.717) is 10.0 Å². The lowest BCUT2D eigenvalue weighted by atomic mass is 10.1. The van der Waals surface area contributed by atoms with E-state index in [2.05, 4.69) is 27.2 Å². The quantitative estimate of drug-likeness (QED) is 0.848. The van der Waals surface area contributed by atoms with Crippen LogP contribution in [0.2, 0.25) is 0 Å². The molecule has 0 fully saturated rings. The number of carbonyl (C=O) groups is 1. The van der Waals surface area contributed by atoms with Crippen molar-refractivity contribution in [3.8, 4) is 12.3 Å². The van der Waals surface area contributed by atoms with Gasteiger partial charge in [0.25, 0.3) is 0 Å². The predicted molar refractivity (Wildman–Crippen MR) is 64.2 cm³/mol. The summed E-state index contributed by atoms with van der Waals surface area (Å²) in [4.78, 5) is 11.5. The van der Waals surface area contributed by atoms with E-state index < -0.39 is 5.82 Å². The summed E-state index contributed by atoms with van der Waals surface area (Å²) >= 11 is 3.06. The minimum Gasteiger partial charge on any atom is -0.342 e. The summed E-state index contributed by atoms with van der Waals surface area (Å²) in [7, 11) is 0. The van der Waals surface area contributed by atoms with Gasteiger partial charge in [0.1, 0.15) is 5.82 Å². The summed E-state index contributed by atoms with van der Waals surface area (Å²) < 4.78 is 13.9. The first-order chi connectivity index (χ1) is 7.54. The van der Waals surface area contributed by atoms with Gasteiger partial charge in [-0.15, -0.1) is 6.42 Å². The maximum absolute atomic E-state index is 13.5. The van der Waals surface area contributed by atoms with E-state index in [4.69, 9.17) is 6.42 Å². The van der Waals surface area contributed by atoms with Crippen LogP contribution in [0.1, 0.15) is 12.5 Å². The normalized spacial score (nSPS) is 11.6. The molecule has 0 aromatic heterocycles. The van der Waals surface area contributed by atoms with E-state index >= 15 is 0 Å². The Labute approximate surface area is 102 Å². The van der Waals surface area contributed by atoms with Crippen molar-refractivity contribution in [1.82, 2.24) is 5.32 Å². The molecule has 0 saturated carbocycles. The van der Waals surface area contributed by atoms with Crippen LogP contribution in [-0.2, 0) is 11.2 Å². The van der Waals surface area contributed by atoms with Gasteiger partial charge in [-0.1, -0.05) is 18.1 Å². The Bertz CT molecular complexity index is 439. The molecule has 84 valence electrons. The van der Waals surface area contributed by atoms with E-state index in [-0.39, 0.29) is 18.4 Å². The van der Waals surface area contributed by atoms with Crippen molar-refractivity contribution < 1.29 is 9.18 Å². The first-order valence-electron chi connectivity index (χ1n) is 4.73. The monoisotopic (exact) mass is 283 g/mol. The van der Waals surface area contributed by atoms with Gasteiger partial charge in [0, 0.05) is 0 Å². The minimum absolute atomic E-state index is 0.0166. The Morgan fingerprint density at radius 2 is 2.38 bits per heavy atom. The van der Waals surface area contributed by atoms with Crippen LogP contribution in [0.4, 0.5) is 4.39 Å². The van der Waals surface area contributed by atoms with E-state index in [9.17, 15) is 9.18 Å². The number of hydrogen-bond donors (Lipinski definition) is 1. The van der Waals surface area contributed by atoms with Crippen LogP contribution in [0, 0.1) is 18.2 Å². The Kier molecular flexibility index (Phi) is 4.51. The summed E-state index contributed by atoms with van der Waals surface area (Å²) in [5.41, 5.74) is 0.344. The molecule has 1 rings (SSSR count). The number of nitrogens with one attached hydrogen (secondary N) is 1. The molecule has 0 aliphatic heterocycles. The molecule has 0 saturated heterocycles. The Morgan fingerprint density at radius 3 is 3.00 bits per heavy atom. The largest absolute Gasteiger partial charge is 0.342 e. The lowest BCUT2D eigenvalue weighted by Gasteiger charge is -2.08. The maximum Gasteiger partial charge on any atom is 0.225 e. The lowest BCUT2D eigenvalue weighted by Crippen LogP contribution is -2.32. The van der Waals surface area contributed by atoms with Gasteiger partial charge in [-0.2, -0.15) is 0 Å². The van der Waals surface area contributed by atoms with E-state index in [1.807, 2.05) is 0 Å². The summed E-state index contributed by atoms with van der Waals surface area (Å²) in [6.07, 6.45) is 5.10. The van der Waals surface area contributed by atoms with Crippen LogP contribution in [0.3, 0.4) is 0 Å². The highest BCUT2D eigenvalue weighted by Crippen LogP contribution is 2.18.